The summed E-state index contributed by atoms with van der Waals surface area (Å²) in [5, 5.41) is 57.7. The number of aliphatic hydroxyl groups excluding tert-OH is 4. The van der Waals surface area contributed by atoms with Gasteiger partial charge in [0, 0.05) is 24.5 Å². The third-order valence-corrected chi connectivity index (χ3v) is 8.48. The fourth-order valence-electron chi connectivity index (χ4n) is 5.79. The molecule has 266 valence electrons. The van der Waals surface area contributed by atoms with E-state index < -0.39 is 84.5 Å². The minimum Gasteiger partial charge on any atom is -0.480 e. The number of aromatic amines is 1. The van der Waals surface area contributed by atoms with Crippen LogP contribution in [0, 0.1) is 0 Å². The van der Waals surface area contributed by atoms with Gasteiger partial charge in [0.05, 0.1) is 0 Å². The molecule has 10 N–H and O–H groups in total. The van der Waals surface area contributed by atoms with Gasteiger partial charge in [0.15, 0.2) is 18.6 Å². The number of aryl methyl sites for hydroxylation is 1. The molecular weight excluding hydrogens is 634 g/mol. The highest BCUT2D eigenvalue weighted by Gasteiger charge is 2.54. The number of aliphatic hydroxyl groups is 4. The Kier molecular flexibility index (Phi) is 13.2. The molecule has 0 radical (unpaired) electrons. The Balaban J connectivity index is 1.51. The molecule has 17 nitrogen and oxygen atoms in total. The molecule has 10 atom stereocenters. The Morgan fingerprint density at radius 1 is 0.958 bits per heavy atom. The van der Waals surface area contributed by atoms with Crippen molar-refractivity contribution in [1.82, 2.24) is 14.9 Å². The molecule has 2 saturated heterocycles. The first-order valence-corrected chi connectivity index (χ1v) is 16.0. The van der Waals surface area contributed by atoms with Crippen molar-refractivity contribution >= 4 is 17.7 Å². The van der Waals surface area contributed by atoms with E-state index in [2.05, 4.69) is 17.6 Å². The van der Waals surface area contributed by atoms with Crippen LogP contribution in [0.15, 0.2) is 46.1 Å². The summed E-state index contributed by atoms with van der Waals surface area (Å²) in [6.07, 6.45) is -6.28. The molecule has 2 aliphatic heterocycles. The van der Waals surface area contributed by atoms with Crippen molar-refractivity contribution in [3.63, 3.8) is 0 Å². The van der Waals surface area contributed by atoms with E-state index in [9.17, 15) is 44.7 Å². The van der Waals surface area contributed by atoms with Crippen LogP contribution in [-0.4, -0.2) is 109 Å². The van der Waals surface area contributed by atoms with Gasteiger partial charge in [-0.25, -0.2) is 14.4 Å². The average molecular weight is 680 g/mol. The molecular formula is C31H45N5O12. The van der Waals surface area contributed by atoms with Crippen LogP contribution in [0.2, 0.25) is 0 Å². The number of carboxylic acids is 1. The lowest BCUT2D eigenvalue weighted by Crippen LogP contribution is -2.59. The topological polar surface area (TPSA) is 268 Å². The quantitative estimate of drug-likeness (QED) is 0.0978. The Bertz CT molecular complexity index is 1470. The Hall–Kier alpha value is -3.68. The first-order chi connectivity index (χ1) is 22.9. The van der Waals surface area contributed by atoms with Crippen LogP contribution in [0.25, 0.3) is 0 Å². The zero-order valence-electron chi connectivity index (χ0n) is 26.5. The third-order valence-electron chi connectivity index (χ3n) is 8.48. The van der Waals surface area contributed by atoms with E-state index in [-0.39, 0.29) is 6.54 Å². The van der Waals surface area contributed by atoms with Crippen LogP contribution in [0.5, 0.6) is 0 Å². The summed E-state index contributed by atoms with van der Waals surface area (Å²) in [6.45, 7) is 1.93. The van der Waals surface area contributed by atoms with E-state index in [0.29, 0.717) is 5.69 Å². The fourth-order valence-corrected chi connectivity index (χ4v) is 5.79. The molecule has 0 unspecified atom stereocenters. The number of H-pyrrole nitrogens is 1. The predicted molar refractivity (Wildman–Crippen MR) is 169 cm³/mol. The van der Waals surface area contributed by atoms with E-state index in [0.717, 1.165) is 41.7 Å². The van der Waals surface area contributed by atoms with Gasteiger partial charge in [0.25, 0.3) is 5.56 Å². The molecule has 2 fully saturated rings. The Labute approximate surface area is 275 Å². The van der Waals surface area contributed by atoms with Crippen molar-refractivity contribution in [3.8, 4) is 0 Å². The molecule has 0 aliphatic carbocycles. The van der Waals surface area contributed by atoms with Crippen LogP contribution < -0.4 is 27.6 Å². The van der Waals surface area contributed by atoms with Crippen LogP contribution >= 0.6 is 0 Å². The first-order valence-electron chi connectivity index (χ1n) is 16.0. The number of ether oxygens (including phenoxy) is 3. The molecule has 1 aromatic heterocycles. The SMILES string of the molecule is CCCCCCCCc1ccc(NC(=O)N[C@H](C(=O)O)[C@H](O[C@@H]2O[C@H](CN)[C@@H](O)[C@H]2O)[C@@H]2O[C@@H](n3ccc(=O)[nH]c3=O)[C@H](O)[C@@H]2O)cc1. The number of carbonyl (C=O) groups is 2. The Morgan fingerprint density at radius 2 is 1.65 bits per heavy atom. The van der Waals surface area contributed by atoms with E-state index in [4.69, 9.17) is 19.9 Å². The van der Waals surface area contributed by atoms with Crippen LogP contribution in [0.4, 0.5) is 10.5 Å². The lowest BCUT2D eigenvalue weighted by atomic mass is 9.99. The molecule has 2 aromatic rings. The number of benzene rings is 1. The monoisotopic (exact) mass is 679 g/mol. The second kappa shape index (κ2) is 17.1. The molecule has 48 heavy (non-hydrogen) atoms. The number of amides is 2. The lowest BCUT2D eigenvalue weighted by Gasteiger charge is -2.33. The molecule has 17 heteroatoms. The van der Waals surface area contributed by atoms with E-state index in [1.807, 2.05) is 17.1 Å². The summed E-state index contributed by atoms with van der Waals surface area (Å²) in [5.74, 6) is -1.66. The smallest absolute Gasteiger partial charge is 0.330 e. The van der Waals surface area contributed by atoms with Gasteiger partial charge in [-0.1, -0.05) is 51.2 Å². The van der Waals surface area contributed by atoms with E-state index in [1.165, 1.54) is 25.7 Å². The summed E-state index contributed by atoms with van der Waals surface area (Å²) in [5.41, 5.74) is 5.28. The standard InChI is InChI=1S/C31H45N5O12/c1-2-3-4-5-6-7-8-16-9-11-17(12-10-16)33-30(44)35-20(28(42)43)25(48-29-24(41)21(38)18(15-32)46-29)26-22(39)23(40)27(47-26)36-14-13-19(37)34-31(36)45/h9-14,18,20-27,29,38-41H,2-8,15,32H2,1H3,(H,42,43)(H2,33,35,44)(H,34,37,45)/t18-,20+,21-,22+,23-,24-,25+,26-,27-,29+/m1/s1. The number of anilines is 1. The van der Waals surface area contributed by atoms with Gasteiger partial charge in [0.2, 0.25) is 0 Å². The average Bonchev–Trinajstić information content (AvgIpc) is 3.50. The zero-order valence-corrected chi connectivity index (χ0v) is 26.5. The maximum atomic E-state index is 13.1. The van der Waals surface area contributed by atoms with Crippen molar-refractivity contribution in [2.45, 2.75) is 113 Å². The highest BCUT2D eigenvalue weighted by atomic mass is 16.7. The van der Waals surface area contributed by atoms with Crippen LogP contribution in [0.3, 0.4) is 0 Å². The number of nitrogens with one attached hydrogen (secondary N) is 3. The lowest BCUT2D eigenvalue weighted by molar-refractivity contribution is -0.227. The van der Waals surface area contributed by atoms with Crippen molar-refractivity contribution in [1.29, 1.82) is 0 Å². The van der Waals surface area contributed by atoms with Crippen molar-refractivity contribution in [3.05, 3.63) is 62.9 Å². The molecule has 2 aliphatic rings. The summed E-state index contributed by atoms with van der Waals surface area (Å²) < 4.78 is 17.7. The number of nitrogens with two attached hydrogens (primary N) is 1. The number of aliphatic carboxylic acids is 1. The summed E-state index contributed by atoms with van der Waals surface area (Å²) in [7, 11) is 0. The molecule has 4 rings (SSSR count). The van der Waals surface area contributed by atoms with Crippen molar-refractivity contribution in [2.24, 2.45) is 5.73 Å². The molecule has 0 bridgehead atoms. The number of nitrogens with zero attached hydrogens (tertiary/aromatic N) is 1. The van der Waals surface area contributed by atoms with Crippen molar-refractivity contribution in [2.75, 3.05) is 11.9 Å². The van der Waals surface area contributed by atoms with Crippen LogP contribution in [-0.2, 0) is 25.4 Å². The summed E-state index contributed by atoms with van der Waals surface area (Å²) in [4.78, 5) is 51.6. The van der Waals surface area contributed by atoms with Gasteiger partial charge in [0.1, 0.15) is 42.7 Å². The molecule has 0 spiro atoms. The summed E-state index contributed by atoms with van der Waals surface area (Å²) in [6, 6.07) is 5.01. The number of unbranched alkanes of at least 4 members (excludes halogenated alkanes) is 5. The minimum absolute atomic E-state index is 0.234. The second-order valence-corrected chi connectivity index (χ2v) is 12.0. The van der Waals surface area contributed by atoms with Gasteiger partial charge in [-0.05, 0) is 30.5 Å². The number of urea groups is 1. The first kappa shape index (κ1) is 37.1. The predicted octanol–water partition coefficient (Wildman–Crippen LogP) is -0.876. The molecule has 3 heterocycles. The highest BCUT2D eigenvalue weighted by Crippen LogP contribution is 2.34. The normalized spacial score (nSPS) is 28.2. The van der Waals surface area contributed by atoms with Gasteiger partial charge >= 0.3 is 17.7 Å². The third kappa shape index (κ3) is 9.06. The van der Waals surface area contributed by atoms with Crippen LogP contribution in [0.1, 0.15) is 57.2 Å². The van der Waals surface area contributed by atoms with E-state index >= 15 is 0 Å². The number of hydrogen-bond acceptors (Lipinski definition) is 12. The highest BCUT2D eigenvalue weighted by molar-refractivity contribution is 5.92. The zero-order chi connectivity index (χ0) is 35.0. The summed E-state index contributed by atoms with van der Waals surface area (Å²) >= 11 is 0. The largest absolute Gasteiger partial charge is 0.480 e. The maximum Gasteiger partial charge on any atom is 0.330 e. The molecule has 2 amide bonds. The molecule has 1 aromatic carbocycles. The van der Waals surface area contributed by atoms with E-state index in [1.54, 1.807) is 12.1 Å². The van der Waals surface area contributed by atoms with Gasteiger partial charge in [-0.15, -0.1) is 0 Å². The van der Waals surface area contributed by atoms with Gasteiger partial charge < -0.3 is 56.1 Å². The number of aromatic nitrogens is 2. The number of hydrogen-bond donors (Lipinski definition) is 9. The van der Waals surface area contributed by atoms with Crippen molar-refractivity contribution < 1.29 is 49.3 Å². The molecule has 0 saturated carbocycles. The fraction of sp³-hybridized carbons (Fsp3) is 0.613. The minimum atomic E-state index is -2.01. The Morgan fingerprint density at radius 3 is 2.27 bits per heavy atom. The number of rotatable bonds is 16. The number of carboxylic acid groups (broad SMARTS) is 1. The number of carbonyl (C=O) groups excluding carboxylic acids is 1. The second-order valence-electron chi connectivity index (χ2n) is 12.0. The van der Waals surface area contributed by atoms with Gasteiger partial charge in [-0.3, -0.25) is 14.3 Å². The maximum absolute atomic E-state index is 13.1. The van der Waals surface area contributed by atoms with Gasteiger partial charge in [-0.2, -0.15) is 0 Å².